The van der Waals surface area contributed by atoms with Gasteiger partial charge in [-0.25, -0.2) is 0 Å². The van der Waals surface area contributed by atoms with Crippen molar-refractivity contribution < 1.29 is 49.4 Å². The summed E-state index contributed by atoms with van der Waals surface area (Å²) >= 11 is 13.4. The molecule has 10 nitrogen and oxygen atoms in total. The topological polar surface area (TPSA) is 185 Å². The Hall–Kier alpha value is -4.29. The molecule has 4 aromatic carbocycles. The molecular weight excluding hydrogens is 961 g/mol. The van der Waals surface area contributed by atoms with Gasteiger partial charge in [0.05, 0.1) is 22.0 Å². The van der Waals surface area contributed by atoms with Gasteiger partial charge in [-0.05, 0) is 217 Å². The first-order valence-corrected chi connectivity index (χ1v) is 22.3. The summed E-state index contributed by atoms with van der Waals surface area (Å²) in [5, 5.41) is 70.8. The SMILES string of the molecule is [CH2][C]([CH2])[C][C][C][C]([CH2])[C@H]1[C][C][C@H]2[C@@H]3[C][C][C]4[C][C@@H]([C][C][C]=C(c5cc(Cl)c(O[C]c6cccc(B([O])[O-])c6)c(C(=O)[O-])c5)c5cc(Cl)c(O[C]c6cccc(B([O])[O-])c6)c(C(=O)[O-])c5)[C][C][C@]4([CH2])[C@H]3[C][C][C@]12[CH2]. The first-order chi connectivity index (χ1) is 34.8. The normalized spacial score (nSPS) is 24.6. The van der Waals surface area contributed by atoms with Crippen LogP contribution < -0.4 is 40.7 Å². The lowest BCUT2D eigenvalue weighted by Crippen LogP contribution is -2.54. The monoisotopic (exact) mass is 987 g/mol. The van der Waals surface area contributed by atoms with Crippen LogP contribution in [-0.2, 0) is 10.0 Å². The zero-order chi connectivity index (χ0) is 52.4. The number of carbonyl (C=O) groups excluding carboxylic acids is 2. The van der Waals surface area contributed by atoms with Gasteiger partial charge in [0, 0.05) is 35.1 Å². The van der Waals surface area contributed by atoms with Gasteiger partial charge in [0.2, 0.25) is 13.2 Å². The summed E-state index contributed by atoms with van der Waals surface area (Å²) in [5.41, 5.74) is -3.27. The van der Waals surface area contributed by atoms with Crippen molar-refractivity contribution in [3.8, 4) is 11.5 Å². The molecule has 4 aliphatic carbocycles. The minimum atomic E-state index is -2.31. The number of carboxylic acids is 2. The second-order valence-electron chi connectivity index (χ2n) is 16.8. The van der Waals surface area contributed by atoms with E-state index >= 15 is 0 Å². The van der Waals surface area contributed by atoms with Gasteiger partial charge in [0.25, 0.3) is 14.2 Å². The largest absolute Gasteiger partial charge is 0.850 e. The zero-order valence-electron chi connectivity index (χ0n) is 37.8. The Morgan fingerprint density at radius 2 is 1.27 bits per heavy atom. The van der Waals surface area contributed by atoms with Gasteiger partial charge in [-0.3, -0.25) is 0 Å². The van der Waals surface area contributed by atoms with Gasteiger partial charge in [-0.1, -0.05) is 82.7 Å². The molecular formula is C59H27B2Cl2O10-4. The number of carbonyl (C=O) groups is 2. The average Bonchev–Trinajstić information content (AvgIpc) is 3.71. The van der Waals surface area contributed by atoms with Crippen molar-refractivity contribution in [2.24, 2.45) is 40.4 Å². The van der Waals surface area contributed by atoms with E-state index < -0.39 is 77.4 Å². The maximum absolute atomic E-state index is 12.7. The van der Waals surface area contributed by atoms with Crippen molar-refractivity contribution >= 4 is 65.9 Å². The predicted molar refractivity (Wildman–Crippen MR) is 253 cm³/mol. The molecule has 4 aromatic rings. The van der Waals surface area contributed by atoms with E-state index in [2.05, 4.69) is 144 Å². The van der Waals surface area contributed by atoms with Crippen LogP contribution in [0.15, 0.2) is 72.8 Å². The molecule has 0 amide bonds. The number of aromatic carboxylic acids is 2. The molecule has 4 fully saturated rings. The number of benzene rings is 4. The Morgan fingerprint density at radius 3 is 1.81 bits per heavy atom. The molecule has 0 aromatic heterocycles. The molecule has 0 N–H and O–H groups in total. The van der Waals surface area contributed by atoms with Gasteiger partial charge in [-0.2, -0.15) is 0 Å². The Kier molecular flexibility index (Phi) is 17.5. The van der Waals surface area contributed by atoms with Crippen LogP contribution in [0.5, 0.6) is 11.5 Å². The minimum absolute atomic E-state index is 0.00811. The predicted octanol–water partition coefficient (Wildman–Crippen LogP) is 3.00. The number of fused-ring (bicyclic) bond motifs is 5. The Labute approximate surface area is 442 Å². The van der Waals surface area contributed by atoms with E-state index in [4.69, 9.17) is 32.7 Å². The van der Waals surface area contributed by atoms with Crippen LogP contribution in [0.3, 0.4) is 0 Å². The standard InChI is InChI=1S/C59H29B2Cl2O10/c1-35(2)10-6-11-36(3)49-20-21-50-46-19-18-42-26-37(22-24-58(42,4)51(46)23-25-59(49,50)5)12-9-17-45(40-29-47(56(64)65)54(52(62)31-40)72-33-38-13-7-15-43(27-38)60(68)69)41-30-48(57(66)67)55(53(63)32-41)73-34-39-14-8-16-44(28-39)61(70)71/h7-8,13-16,27-32,37,46,49-51H,1-5H2,(H,64,65)(H,66,67)/q-2/p-2/t37-,46-,49+,50-,51-,58-,59+/m0/s1. The Balaban J connectivity index is 1.04. The molecule has 8 rings (SSSR count). The molecule has 0 unspecified atom stereocenters. The van der Waals surface area contributed by atoms with E-state index in [1.807, 2.05) is 0 Å². The van der Waals surface area contributed by atoms with E-state index in [1.54, 1.807) is 0 Å². The molecule has 347 valence electrons. The lowest BCUT2D eigenvalue weighted by Gasteiger charge is -2.59. The number of allylic oxidation sites excluding steroid dienone is 1. The number of hydrogen-bond acceptors (Lipinski definition) is 8. The highest BCUT2D eigenvalue weighted by atomic mass is 35.5. The molecule has 0 bridgehead atoms. The lowest BCUT2D eigenvalue weighted by atomic mass is 9.44. The number of ether oxygens (including phenoxy) is 2. The first kappa shape index (κ1) is 55.0. The van der Waals surface area contributed by atoms with E-state index in [0.717, 1.165) is 12.1 Å². The van der Waals surface area contributed by atoms with Crippen LogP contribution in [0.1, 0.15) is 43.0 Å². The van der Waals surface area contributed by atoms with Crippen molar-refractivity contribution in [1.29, 1.82) is 0 Å². The molecule has 0 spiro atoms. The average molecular weight is 988 g/mol. The fraction of sp³-hybridized carbons (Fsp3) is 0.119. The Bertz CT molecular complexity index is 2530. The van der Waals surface area contributed by atoms with E-state index in [-0.39, 0.29) is 60.6 Å². The van der Waals surface area contributed by atoms with Gasteiger partial charge in [0.1, 0.15) is 11.5 Å². The van der Waals surface area contributed by atoms with Gasteiger partial charge in [0.15, 0.2) is 0 Å². The molecule has 43 radical (unpaired) electrons. The third-order valence-corrected chi connectivity index (χ3v) is 12.4. The van der Waals surface area contributed by atoms with Crippen LogP contribution in [0.25, 0.3) is 5.57 Å². The van der Waals surface area contributed by atoms with E-state index in [9.17, 15) is 39.9 Å². The Morgan fingerprint density at radius 1 is 0.699 bits per heavy atom. The minimum Gasteiger partial charge on any atom is -0.850 e. The maximum Gasteiger partial charge on any atom is 0.264 e. The first-order valence-electron chi connectivity index (χ1n) is 21.6. The van der Waals surface area contributed by atoms with Gasteiger partial charge < -0.3 is 49.4 Å². The highest BCUT2D eigenvalue weighted by molar-refractivity contribution is 6.57. The summed E-state index contributed by atoms with van der Waals surface area (Å²) in [7, 11) is -4.62. The summed E-state index contributed by atoms with van der Waals surface area (Å²) in [5.74, 6) is -5.47. The van der Waals surface area contributed by atoms with Crippen molar-refractivity contribution in [3.63, 3.8) is 0 Å². The smallest absolute Gasteiger partial charge is 0.264 e. The van der Waals surface area contributed by atoms with E-state index in [0.29, 0.717) is 17.8 Å². The summed E-state index contributed by atoms with van der Waals surface area (Å²) in [6.45, 7) is 25.4. The number of hydrogen-bond donors (Lipinski definition) is 0. The van der Waals surface area contributed by atoms with Crippen molar-refractivity contribution in [2.75, 3.05) is 0 Å². The molecule has 0 saturated heterocycles. The molecule has 7 atom stereocenters. The van der Waals surface area contributed by atoms with Crippen molar-refractivity contribution in [3.05, 3.63) is 278 Å². The van der Waals surface area contributed by atoms with Crippen LogP contribution in [0.4, 0.5) is 0 Å². The van der Waals surface area contributed by atoms with Gasteiger partial charge in [-0.15, -0.1) is 0 Å². The summed E-state index contributed by atoms with van der Waals surface area (Å²) in [6.07, 6.45) is 46.4. The molecule has 4 saturated carbocycles. The summed E-state index contributed by atoms with van der Waals surface area (Å²) in [6, 6.07) is 15.5. The second kappa shape index (κ2) is 23.3. The molecule has 0 heterocycles. The number of rotatable bonds is 20. The third kappa shape index (κ3) is 12.1. The third-order valence-electron chi connectivity index (χ3n) is 11.9. The quantitative estimate of drug-likeness (QED) is 0.121. The molecule has 14 heteroatoms. The number of halogens is 2. The number of carboxylic acid groups (broad SMARTS) is 2. The van der Waals surface area contributed by atoms with Crippen molar-refractivity contribution in [1.82, 2.24) is 0 Å². The lowest BCUT2D eigenvalue weighted by molar-refractivity contribution is -0.256. The molecule has 4 aliphatic rings. The molecule has 73 heavy (non-hydrogen) atoms. The van der Waals surface area contributed by atoms with Gasteiger partial charge >= 0.3 is 0 Å². The maximum atomic E-state index is 12.7. The highest BCUT2D eigenvalue weighted by Crippen LogP contribution is 2.67. The highest BCUT2D eigenvalue weighted by Gasteiger charge is 2.62. The fourth-order valence-electron chi connectivity index (χ4n) is 8.30. The van der Waals surface area contributed by atoms with Crippen molar-refractivity contribution in [2.45, 2.75) is 0 Å². The van der Waals surface area contributed by atoms with Crippen LogP contribution in [0.2, 0.25) is 10.0 Å². The fourth-order valence-corrected chi connectivity index (χ4v) is 8.81. The summed E-state index contributed by atoms with van der Waals surface area (Å²) in [4.78, 5) is 25.4. The molecule has 0 aliphatic heterocycles. The second-order valence-corrected chi connectivity index (χ2v) is 17.6. The zero-order valence-corrected chi connectivity index (χ0v) is 39.4. The van der Waals surface area contributed by atoms with Crippen LogP contribution in [0, 0.1) is 202 Å². The van der Waals surface area contributed by atoms with Crippen LogP contribution in [-0.4, -0.2) is 26.2 Å². The van der Waals surface area contributed by atoms with Crippen LogP contribution >= 0.6 is 23.2 Å². The van der Waals surface area contributed by atoms with E-state index in [1.165, 1.54) is 60.7 Å². The summed E-state index contributed by atoms with van der Waals surface area (Å²) < 4.78 is 11.1.